The lowest BCUT2D eigenvalue weighted by Gasteiger charge is -2.15. The van der Waals surface area contributed by atoms with E-state index in [0.717, 1.165) is 11.3 Å². The van der Waals surface area contributed by atoms with Gasteiger partial charge in [-0.2, -0.15) is 5.10 Å². The van der Waals surface area contributed by atoms with Crippen LogP contribution in [0.2, 0.25) is 0 Å². The van der Waals surface area contributed by atoms with Gasteiger partial charge in [-0.05, 0) is 37.5 Å². The molecule has 1 fully saturated rings. The van der Waals surface area contributed by atoms with Gasteiger partial charge < -0.3 is 20.8 Å². The third-order valence-corrected chi connectivity index (χ3v) is 4.87. The lowest BCUT2D eigenvalue weighted by atomic mass is 10.1. The number of carboxylic acid groups (broad SMARTS) is 1. The number of nitrogens with zero attached hydrogens (tertiary/aromatic N) is 2. The number of aromatic nitrogens is 2. The minimum absolute atomic E-state index is 0.0977. The van der Waals surface area contributed by atoms with Gasteiger partial charge in [0.1, 0.15) is 0 Å². The number of benzene rings is 1. The van der Waals surface area contributed by atoms with Gasteiger partial charge in [-0.3, -0.25) is 19.1 Å². The van der Waals surface area contributed by atoms with Crippen LogP contribution in [0.15, 0.2) is 48.7 Å². The van der Waals surface area contributed by atoms with Gasteiger partial charge in [0, 0.05) is 24.7 Å². The van der Waals surface area contributed by atoms with E-state index in [1.165, 1.54) is 6.08 Å². The number of aryl methyl sites for hydroxylation is 1. The first kappa shape index (κ1) is 23.8. The average Bonchev–Trinajstić information content (AvgIpc) is 3.33. The molecule has 166 valence electrons. The summed E-state index contributed by atoms with van der Waals surface area (Å²) < 4.78 is 1.78. The maximum Gasteiger partial charge on any atom is 0.290 e. The summed E-state index contributed by atoms with van der Waals surface area (Å²) in [7, 11) is 0. The van der Waals surface area contributed by atoms with E-state index in [0.29, 0.717) is 25.9 Å². The molecule has 3 atom stereocenters. The van der Waals surface area contributed by atoms with Crippen LogP contribution in [0.3, 0.4) is 0 Å². The highest BCUT2D eigenvalue weighted by atomic mass is 16.3. The van der Waals surface area contributed by atoms with Crippen molar-refractivity contribution in [3.8, 4) is 0 Å². The first-order chi connectivity index (χ1) is 14.9. The van der Waals surface area contributed by atoms with E-state index in [1.807, 2.05) is 49.5 Å². The molecule has 0 aliphatic heterocycles. The summed E-state index contributed by atoms with van der Waals surface area (Å²) in [5.41, 5.74) is 1.86. The third-order valence-electron chi connectivity index (χ3n) is 4.87. The number of carbonyl (C=O) groups is 3. The van der Waals surface area contributed by atoms with Gasteiger partial charge in [-0.25, -0.2) is 0 Å². The fraction of sp³-hybridized carbons (Fsp3) is 0.364. The topological polar surface area (TPSA) is 134 Å². The molecule has 3 rings (SSSR count). The fourth-order valence-electron chi connectivity index (χ4n) is 3.38. The van der Waals surface area contributed by atoms with E-state index in [-0.39, 0.29) is 24.2 Å². The molecule has 31 heavy (non-hydrogen) atoms. The van der Waals surface area contributed by atoms with E-state index in [1.54, 1.807) is 10.8 Å². The largest absolute Gasteiger partial charge is 0.483 e. The Bertz CT molecular complexity index is 881. The van der Waals surface area contributed by atoms with Crippen molar-refractivity contribution in [3.05, 3.63) is 59.9 Å². The zero-order chi connectivity index (χ0) is 22.6. The van der Waals surface area contributed by atoms with Gasteiger partial charge in [-0.1, -0.05) is 30.3 Å². The number of hydrogen-bond donors (Lipinski definition) is 4. The summed E-state index contributed by atoms with van der Waals surface area (Å²) in [5.74, 6) is -0.680. The maximum atomic E-state index is 12.3. The van der Waals surface area contributed by atoms with Crippen LogP contribution in [0.1, 0.15) is 24.1 Å². The van der Waals surface area contributed by atoms with Crippen molar-refractivity contribution >= 4 is 24.4 Å². The molecular weight excluding hydrogens is 400 g/mol. The SMILES string of the molecule is Cc1ccn(CCNC(=O)[C@@H]2C[C@@H](O)[C@H](NC(=O)/C=C/c3ccccc3)C2)n1.O=CO. The van der Waals surface area contributed by atoms with Gasteiger partial charge in [0.2, 0.25) is 11.8 Å². The molecule has 1 heterocycles. The highest BCUT2D eigenvalue weighted by molar-refractivity contribution is 5.92. The Labute approximate surface area is 180 Å². The zero-order valence-corrected chi connectivity index (χ0v) is 17.3. The van der Waals surface area contributed by atoms with Crippen molar-refractivity contribution in [2.24, 2.45) is 5.92 Å². The second-order valence-corrected chi connectivity index (χ2v) is 7.21. The molecule has 1 aliphatic rings. The van der Waals surface area contributed by atoms with Gasteiger partial charge in [0.15, 0.2) is 0 Å². The van der Waals surface area contributed by atoms with Crippen molar-refractivity contribution in [1.82, 2.24) is 20.4 Å². The van der Waals surface area contributed by atoms with Crippen LogP contribution in [-0.4, -0.2) is 57.0 Å². The summed E-state index contributed by atoms with van der Waals surface area (Å²) in [6.45, 7) is 2.74. The number of carbonyl (C=O) groups excluding carboxylic acids is 2. The highest BCUT2D eigenvalue weighted by Crippen LogP contribution is 2.26. The van der Waals surface area contributed by atoms with Crippen molar-refractivity contribution in [3.63, 3.8) is 0 Å². The molecule has 1 saturated carbocycles. The Morgan fingerprint density at radius 1 is 1.23 bits per heavy atom. The molecule has 0 unspecified atom stereocenters. The summed E-state index contributed by atoms with van der Waals surface area (Å²) in [5, 5.41) is 27.1. The van der Waals surface area contributed by atoms with E-state index < -0.39 is 12.1 Å². The highest BCUT2D eigenvalue weighted by Gasteiger charge is 2.37. The first-order valence-electron chi connectivity index (χ1n) is 10.00. The monoisotopic (exact) mass is 428 g/mol. The van der Waals surface area contributed by atoms with Crippen LogP contribution >= 0.6 is 0 Å². The molecule has 0 bridgehead atoms. The molecule has 0 saturated heterocycles. The first-order valence-corrected chi connectivity index (χ1v) is 10.00. The molecule has 2 amide bonds. The van der Waals surface area contributed by atoms with Crippen molar-refractivity contribution < 1.29 is 24.6 Å². The lowest BCUT2D eigenvalue weighted by Crippen LogP contribution is -2.39. The molecule has 9 heteroatoms. The van der Waals surface area contributed by atoms with Crippen LogP contribution in [0.4, 0.5) is 0 Å². The molecule has 0 radical (unpaired) electrons. The number of hydrogen-bond acceptors (Lipinski definition) is 5. The third kappa shape index (κ3) is 8.06. The number of nitrogens with one attached hydrogen (secondary N) is 2. The number of rotatable bonds is 7. The Hall–Kier alpha value is -3.46. The van der Waals surface area contributed by atoms with Crippen molar-refractivity contribution in [2.45, 2.75) is 38.5 Å². The molecule has 1 aromatic carbocycles. The molecule has 0 spiro atoms. The zero-order valence-electron chi connectivity index (χ0n) is 17.3. The molecule has 2 aromatic rings. The minimum Gasteiger partial charge on any atom is -0.483 e. The Morgan fingerprint density at radius 2 is 1.94 bits per heavy atom. The van der Waals surface area contributed by atoms with E-state index in [4.69, 9.17) is 9.90 Å². The van der Waals surface area contributed by atoms with Crippen LogP contribution in [0, 0.1) is 12.8 Å². The number of amides is 2. The number of aliphatic hydroxyl groups excluding tert-OH is 1. The van der Waals surface area contributed by atoms with E-state index in [2.05, 4.69) is 15.7 Å². The summed E-state index contributed by atoms with van der Waals surface area (Å²) in [4.78, 5) is 32.8. The van der Waals surface area contributed by atoms with E-state index >= 15 is 0 Å². The van der Waals surface area contributed by atoms with E-state index in [9.17, 15) is 14.7 Å². The predicted molar refractivity (Wildman–Crippen MR) is 115 cm³/mol. The molecule has 9 nitrogen and oxygen atoms in total. The summed E-state index contributed by atoms with van der Waals surface area (Å²) in [6, 6.07) is 11.0. The van der Waals surface area contributed by atoms with Gasteiger partial charge >= 0.3 is 0 Å². The van der Waals surface area contributed by atoms with Crippen molar-refractivity contribution in [1.29, 1.82) is 0 Å². The quantitative estimate of drug-likeness (QED) is 0.384. The Balaban J connectivity index is 0.00000107. The standard InChI is InChI=1S/C21H26N4O3.CH2O2/c1-15-9-11-25(24-15)12-10-22-21(28)17-13-18(19(26)14-17)23-20(27)8-7-16-5-3-2-4-6-16;2-1-3/h2-9,11,17-19,26H,10,12-14H2,1H3,(H,22,28)(H,23,27);1H,(H,2,3)/b8-7+;/t17-,18+,19+;/m0./s1. The van der Waals surface area contributed by atoms with Crippen LogP contribution < -0.4 is 10.6 Å². The summed E-state index contributed by atoms with van der Waals surface area (Å²) in [6.07, 6.45) is 5.09. The Kier molecular flexibility index (Phi) is 9.44. The second-order valence-electron chi connectivity index (χ2n) is 7.21. The van der Waals surface area contributed by atoms with Gasteiger partial charge in [-0.15, -0.1) is 0 Å². The van der Waals surface area contributed by atoms with Gasteiger partial charge in [0.25, 0.3) is 6.47 Å². The fourth-order valence-corrected chi connectivity index (χ4v) is 3.38. The number of aliphatic hydroxyl groups is 1. The molecular formula is C22H28N4O5. The lowest BCUT2D eigenvalue weighted by molar-refractivity contribution is -0.125. The smallest absolute Gasteiger partial charge is 0.290 e. The second kappa shape index (κ2) is 12.3. The predicted octanol–water partition coefficient (Wildman–Crippen LogP) is 0.978. The molecule has 1 aliphatic carbocycles. The summed E-state index contributed by atoms with van der Waals surface area (Å²) >= 11 is 0. The van der Waals surface area contributed by atoms with Crippen LogP contribution in [0.25, 0.3) is 6.08 Å². The van der Waals surface area contributed by atoms with Crippen LogP contribution in [0.5, 0.6) is 0 Å². The molecule has 1 aromatic heterocycles. The van der Waals surface area contributed by atoms with Crippen LogP contribution in [-0.2, 0) is 20.9 Å². The molecule has 4 N–H and O–H groups in total. The maximum absolute atomic E-state index is 12.3. The minimum atomic E-state index is -0.724. The van der Waals surface area contributed by atoms with Crippen molar-refractivity contribution in [2.75, 3.05) is 6.54 Å². The normalized spacial score (nSPS) is 20.0. The average molecular weight is 428 g/mol. The van der Waals surface area contributed by atoms with Gasteiger partial charge in [0.05, 0.1) is 24.4 Å². The Morgan fingerprint density at radius 3 is 2.58 bits per heavy atom.